The molecule has 0 spiro atoms. The first kappa shape index (κ1) is 11.8. The molecule has 17 heavy (non-hydrogen) atoms. The van der Waals surface area contributed by atoms with Crippen LogP contribution in [0.5, 0.6) is 5.75 Å². The highest BCUT2D eigenvalue weighted by Gasteiger charge is 2.39. The van der Waals surface area contributed by atoms with Gasteiger partial charge in [0, 0.05) is 19.7 Å². The van der Waals surface area contributed by atoms with Crippen LogP contribution in [0.25, 0.3) is 0 Å². The number of benzene rings is 1. The van der Waals surface area contributed by atoms with Gasteiger partial charge in [-0.2, -0.15) is 0 Å². The van der Waals surface area contributed by atoms with Crippen molar-refractivity contribution in [2.24, 2.45) is 4.99 Å². The van der Waals surface area contributed by atoms with E-state index in [4.69, 9.17) is 0 Å². The van der Waals surface area contributed by atoms with E-state index in [1.807, 2.05) is 12.1 Å². The molecule has 1 atom stereocenters. The van der Waals surface area contributed by atoms with Crippen molar-refractivity contribution in [1.82, 2.24) is 0 Å². The standard InChI is InChI=1S/C14H17NO2/c1-15-10-14(9-3-2-4-13(14)17)11-5-7-12(16)8-6-11/h5-8,10,16H,2-4,9H2,1H3/b15-10-/t14-/m0/s1. The van der Waals surface area contributed by atoms with E-state index >= 15 is 0 Å². The van der Waals surface area contributed by atoms with E-state index < -0.39 is 5.41 Å². The lowest BCUT2D eigenvalue weighted by molar-refractivity contribution is -0.123. The van der Waals surface area contributed by atoms with Crippen LogP contribution in [0.15, 0.2) is 29.3 Å². The van der Waals surface area contributed by atoms with Gasteiger partial charge in [0.05, 0.1) is 5.41 Å². The molecule has 1 aliphatic rings. The lowest BCUT2D eigenvalue weighted by atomic mass is 9.69. The number of Topliss-reactive ketones (excluding diaryl/α,β-unsaturated/α-hetero) is 1. The molecule has 0 unspecified atom stereocenters. The molecule has 0 aliphatic heterocycles. The number of hydrogen-bond acceptors (Lipinski definition) is 3. The highest BCUT2D eigenvalue weighted by Crippen LogP contribution is 2.36. The number of aromatic hydroxyl groups is 1. The van der Waals surface area contributed by atoms with Crippen molar-refractivity contribution < 1.29 is 9.90 Å². The van der Waals surface area contributed by atoms with Crippen LogP contribution in [0.3, 0.4) is 0 Å². The average molecular weight is 231 g/mol. The van der Waals surface area contributed by atoms with Gasteiger partial charge in [-0.1, -0.05) is 18.6 Å². The van der Waals surface area contributed by atoms with Gasteiger partial charge in [0.15, 0.2) is 0 Å². The number of rotatable bonds is 2. The molecule has 0 radical (unpaired) electrons. The minimum Gasteiger partial charge on any atom is -0.508 e. The fourth-order valence-corrected chi connectivity index (χ4v) is 2.55. The summed E-state index contributed by atoms with van der Waals surface area (Å²) in [6.45, 7) is 0. The molecule has 1 aromatic carbocycles. The summed E-state index contributed by atoms with van der Waals surface area (Å²) in [5.74, 6) is 0.459. The normalized spacial score (nSPS) is 25.4. The highest BCUT2D eigenvalue weighted by molar-refractivity contribution is 6.06. The molecule has 1 saturated carbocycles. The van der Waals surface area contributed by atoms with Gasteiger partial charge in [-0.3, -0.25) is 9.79 Å². The monoisotopic (exact) mass is 231 g/mol. The zero-order valence-electron chi connectivity index (χ0n) is 10.0. The quantitative estimate of drug-likeness (QED) is 0.795. The van der Waals surface area contributed by atoms with Crippen molar-refractivity contribution in [1.29, 1.82) is 0 Å². The maximum atomic E-state index is 12.2. The lowest BCUT2D eigenvalue weighted by Gasteiger charge is -2.32. The molecule has 1 N–H and O–H groups in total. The van der Waals surface area contributed by atoms with E-state index in [0.717, 1.165) is 24.8 Å². The van der Waals surface area contributed by atoms with E-state index in [1.54, 1.807) is 25.4 Å². The van der Waals surface area contributed by atoms with E-state index in [-0.39, 0.29) is 11.5 Å². The average Bonchev–Trinajstić information content (AvgIpc) is 2.33. The Balaban J connectivity index is 2.46. The number of hydrogen-bond donors (Lipinski definition) is 1. The van der Waals surface area contributed by atoms with Crippen LogP contribution < -0.4 is 0 Å². The Morgan fingerprint density at radius 2 is 2.00 bits per heavy atom. The van der Waals surface area contributed by atoms with Crippen molar-refractivity contribution >= 4 is 12.0 Å². The predicted octanol–water partition coefficient (Wildman–Crippen LogP) is 2.47. The number of ketones is 1. The summed E-state index contributed by atoms with van der Waals surface area (Å²) in [5.41, 5.74) is 0.367. The molecule has 0 amide bonds. The van der Waals surface area contributed by atoms with E-state index in [0.29, 0.717) is 6.42 Å². The van der Waals surface area contributed by atoms with Gasteiger partial charge >= 0.3 is 0 Å². The van der Waals surface area contributed by atoms with Crippen LogP contribution in [0, 0.1) is 0 Å². The predicted molar refractivity (Wildman–Crippen MR) is 67.7 cm³/mol. The Morgan fingerprint density at radius 1 is 1.29 bits per heavy atom. The van der Waals surface area contributed by atoms with Crippen molar-refractivity contribution in [2.75, 3.05) is 7.05 Å². The van der Waals surface area contributed by atoms with Crippen LogP contribution in [0.2, 0.25) is 0 Å². The van der Waals surface area contributed by atoms with Crippen molar-refractivity contribution in [2.45, 2.75) is 31.1 Å². The number of phenols is 1. The van der Waals surface area contributed by atoms with Gasteiger partial charge in [0.2, 0.25) is 0 Å². The van der Waals surface area contributed by atoms with Crippen LogP contribution in [-0.2, 0) is 10.2 Å². The van der Waals surface area contributed by atoms with Gasteiger partial charge in [0.25, 0.3) is 0 Å². The second-order valence-electron chi connectivity index (χ2n) is 4.54. The van der Waals surface area contributed by atoms with Crippen molar-refractivity contribution in [3.8, 4) is 5.75 Å². The first-order valence-electron chi connectivity index (χ1n) is 5.95. The smallest absolute Gasteiger partial charge is 0.148 e. The molecule has 3 nitrogen and oxygen atoms in total. The Kier molecular flexibility index (Phi) is 3.27. The molecule has 1 aliphatic carbocycles. The van der Waals surface area contributed by atoms with Crippen LogP contribution in [0.1, 0.15) is 31.2 Å². The Morgan fingerprint density at radius 3 is 2.59 bits per heavy atom. The maximum absolute atomic E-state index is 12.2. The van der Waals surface area contributed by atoms with E-state index in [9.17, 15) is 9.90 Å². The summed E-state index contributed by atoms with van der Waals surface area (Å²) in [6, 6.07) is 6.89. The highest BCUT2D eigenvalue weighted by atomic mass is 16.3. The molecule has 1 aromatic rings. The summed E-state index contributed by atoms with van der Waals surface area (Å²) in [4.78, 5) is 16.3. The molecule has 3 heteroatoms. The Bertz CT molecular complexity index is 436. The fraction of sp³-hybridized carbons (Fsp3) is 0.429. The van der Waals surface area contributed by atoms with Crippen molar-refractivity contribution in [3.63, 3.8) is 0 Å². The number of nitrogens with zero attached hydrogens (tertiary/aromatic N) is 1. The lowest BCUT2D eigenvalue weighted by Crippen LogP contribution is -2.40. The topological polar surface area (TPSA) is 49.7 Å². The molecule has 0 bridgehead atoms. The van der Waals surface area contributed by atoms with Gasteiger partial charge in [-0.25, -0.2) is 0 Å². The largest absolute Gasteiger partial charge is 0.508 e. The second-order valence-corrected chi connectivity index (χ2v) is 4.54. The molecule has 2 rings (SSSR count). The number of carbonyl (C=O) groups excluding carboxylic acids is 1. The molecule has 90 valence electrons. The number of carbonyl (C=O) groups is 1. The zero-order valence-corrected chi connectivity index (χ0v) is 10.0. The zero-order chi connectivity index (χ0) is 12.3. The molecule has 0 aromatic heterocycles. The molecular formula is C14H17NO2. The molecule has 0 saturated heterocycles. The SMILES string of the molecule is C/N=C\[C@]1(c2ccc(O)cc2)CCCCC1=O. The van der Waals surface area contributed by atoms with Gasteiger partial charge in [-0.05, 0) is 30.5 Å². The third-order valence-electron chi connectivity index (χ3n) is 3.45. The van der Waals surface area contributed by atoms with Gasteiger partial charge in [0.1, 0.15) is 11.5 Å². The fourth-order valence-electron chi connectivity index (χ4n) is 2.55. The third-order valence-corrected chi connectivity index (χ3v) is 3.45. The summed E-state index contributed by atoms with van der Waals surface area (Å²) in [7, 11) is 1.70. The summed E-state index contributed by atoms with van der Waals surface area (Å²) in [5, 5.41) is 9.32. The maximum Gasteiger partial charge on any atom is 0.148 e. The first-order valence-corrected chi connectivity index (χ1v) is 5.95. The van der Waals surface area contributed by atoms with Gasteiger partial charge in [-0.15, -0.1) is 0 Å². The number of aliphatic imine (C=N–C) groups is 1. The van der Waals surface area contributed by atoms with Gasteiger partial charge < -0.3 is 5.11 Å². The summed E-state index contributed by atoms with van der Waals surface area (Å²) < 4.78 is 0. The van der Waals surface area contributed by atoms with Crippen LogP contribution in [0.4, 0.5) is 0 Å². The Labute approximate surface area is 101 Å². The minimum atomic E-state index is -0.569. The molecule has 1 fully saturated rings. The van der Waals surface area contributed by atoms with E-state index in [2.05, 4.69) is 4.99 Å². The van der Waals surface area contributed by atoms with Crippen molar-refractivity contribution in [3.05, 3.63) is 29.8 Å². The van der Waals surface area contributed by atoms with Crippen LogP contribution in [-0.4, -0.2) is 24.2 Å². The summed E-state index contributed by atoms with van der Waals surface area (Å²) >= 11 is 0. The first-order chi connectivity index (χ1) is 8.19. The number of phenolic OH excluding ortho intramolecular Hbond substituents is 1. The second kappa shape index (κ2) is 4.70. The molecular weight excluding hydrogens is 214 g/mol. The molecule has 0 heterocycles. The van der Waals surface area contributed by atoms with Crippen LogP contribution >= 0.6 is 0 Å². The minimum absolute atomic E-state index is 0.223. The Hall–Kier alpha value is -1.64. The van der Waals surface area contributed by atoms with E-state index in [1.165, 1.54) is 0 Å². The third kappa shape index (κ3) is 2.09. The summed E-state index contributed by atoms with van der Waals surface area (Å²) in [6.07, 6.45) is 5.20.